The predicted octanol–water partition coefficient (Wildman–Crippen LogP) is 6.10. The average molecular weight is 453 g/mol. The first-order valence-corrected chi connectivity index (χ1v) is 11.8. The van der Waals surface area contributed by atoms with Gasteiger partial charge >= 0.3 is 0 Å². The third-order valence-corrected chi connectivity index (χ3v) is 6.64. The second-order valence-corrected chi connectivity index (χ2v) is 9.06. The van der Waals surface area contributed by atoms with E-state index in [1.165, 1.54) is 11.1 Å². The maximum atomic E-state index is 13.3. The fourth-order valence-corrected chi connectivity index (χ4v) is 4.27. The summed E-state index contributed by atoms with van der Waals surface area (Å²) in [6, 6.07) is 11.6. The minimum Gasteiger partial charge on any atom is -0.496 e. The van der Waals surface area contributed by atoms with Crippen LogP contribution < -0.4 is 9.47 Å². The van der Waals surface area contributed by atoms with Crippen molar-refractivity contribution in [3.8, 4) is 11.5 Å². The fourth-order valence-electron chi connectivity index (χ4n) is 3.58. The number of para-hydroxylation sites is 1. The molecule has 0 aliphatic rings. The molecule has 0 aliphatic carbocycles. The van der Waals surface area contributed by atoms with Gasteiger partial charge in [0.05, 0.1) is 24.9 Å². The van der Waals surface area contributed by atoms with E-state index in [0.29, 0.717) is 24.5 Å². The molecule has 1 atom stereocenters. The summed E-state index contributed by atoms with van der Waals surface area (Å²) in [4.78, 5) is 20.0. The molecular weight excluding hydrogens is 420 g/mol. The van der Waals surface area contributed by atoms with E-state index >= 15 is 0 Å². The van der Waals surface area contributed by atoms with Gasteiger partial charge in [-0.25, -0.2) is 4.98 Å². The van der Waals surface area contributed by atoms with Gasteiger partial charge in [0.25, 0.3) is 5.91 Å². The molecule has 0 saturated carbocycles. The molecule has 0 bridgehead atoms. The third kappa shape index (κ3) is 5.49. The molecule has 0 radical (unpaired) electrons. The van der Waals surface area contributed by atoms with Crippen molar-refractivity contribution >= 4 is 17.2 Å². The van der Waals surface area contributed by atoms with Gasteiger partial charge in [0.2, 0.25) is 0 Å². The standard InChI is InChI=1S/C26H32N2O3S/c1-7-19(4)28(26(29)22-10-8-9-11-23(22)30-6)14-21-16-32-25(27-21)15-31-24-13-17(2)12-18(3)20(24)5/h8-13,16,19H,7,14-15H2,1-6H3. The molecule has 3 rings (SSSR count). The summed E-state index contributed by atoms with van der Waals surface area (Å²) >= 11 is 1.56. The molecule has 3 aromatic rings. The fraction of sp³-hybridized carbons (Fsp3) is 0.385. The minimum atomic E-state index is -0.0477. The molecule has 5 nitrogen and oxygen atoms in total. The van der Waals surface area contributed by atoms with Crippen molar-refractivity contribution in [3.63, 3.8) is 0 Å². The molecule has 2 aromatic carbocycles. The summed E-state index contributed by atoms with van der Waals surface area (Å²) < 4.78 is 11.5. The molecule has 0 spiro atoms. The summed E-state index contributed by atoms with van der Waals surface area (Å²) in [5, 5.41) is 2.91. The van der Waals surface area contributed by atoms with E-state index in [4.69, 9.17) is 14.5 Å². The van der Waals surface area contributed by atoms with Crippen LogP contribution in [0.2, 0.25) is 0 Å². The highest BCUT2D eigenvalue weighted by Crippen LogP contribution is 2.26. The Morgan fingerprint density at radius 1 is 1.16 bits per heavy atom. The first-order valence-electron chi connectivity index (χ1n) is 10.9. The molecule has 0 saturated heterocycles. The van der Waals surface area contributed by atoms with Gasteiger partial charge in [0.1, 0.15) is 23.1 Å². The van der Waals surface area contributed by atoms with Crippen molar-refractivity contribution in [2.24, 2.45) is 0 Å². The van der Waals surface area contributed by atoms with Crippen LogP contribution >= 0.6 is 11.3 Å². The van der Waals surface area contributed by atoms with Crippen molar-refractivity contribution in [1.82, 2.24) is 9.88 Å². The van der Waals surface area contributed by atoms with Gasteiger partial charge in [0, 0.05) is 11.4 Å². The van der Waals surface area contributed by atoms with Crippen LogP contribution in [0.25, 0.3) is 0 Å². The lowest BCUT2D eigenvalue weighted by Gasteiger charge is -2.28. The monoisotopic (exact) mass is 452 g/mol. The number of aromatic nitrogens is 1. The highest BCUT2D eigenvalue weighted by Gasteiger charge is 2.24. The molecule has 0 N–H and O–H groups in total. The normalized spacial score (nSPS) is 11.8. The SMILES string of the molecule is CCC(C)N(Cc1csc(COc2cc(C)cc(C)c2C)n1)C(=O)c1ccccc1OC. The Balaban J connectivity index is 1.74. The Morgan fingerprint density at radius 2 is 1.91 bits per heavy atom. The van der Waals surface area contributed by atoms with E-state index < -0.39 is 0 Å². The van der Waals surface area contributed by atoms with E-state index in [9.17, 15) is 4.79 Å². The summed E-state index contributed by atoms with van der Waals surface area (Å²) in [7, 11) is 1.59. The van der Waals surface area contributed by atoms with E-state index in [1.807, 2.05) is 34.5 Å². The number of methoxy groups -OCH3 is 1. The maximum absolute atomic E-state index is 13.3. The molecule has 0 aliphatic heterocycles. The molecule has 1 amide bonds. The van der Waals surface area contributed by atoms with Crippen LogP contribution in [-0.2, 0) is 13.2 Å². The summed E-state index contributed by atoms with van der Waals surface area (Å²) in [6.07, 6.45) is 0.854. The number of benzene rings is 2. The van der Waals surface area contributed by atoms with Gasteiger partial charge in [-0.2, -0.15) is 0 Å². The second kappa shape index (κ2) is 10.6. The van der Waals surface area contributed by atoms with Crippen LogP contribution in [0.15, 0.2) is 41.8 Å². The smallest absolute Gasteiger partial charge is 0.258 e. The number of hydrogen-bond acceptors (Lipinski definition) is 5. The topological polar surface area (TPSA) is 51.7 Å². The molecule has 0 fully saturated rings. The highest BCUT2D eigenvalue weighted by molar-refractivity contribution is 7.09. The summed E-state index contributed by atoms with van der Waals surface area (Å²) in [6.45, 7) is 11.3. The summed E-state index contributed by atoms with van der Waals surface area (Å²) in [5.41, 5.74) is 4.99. The number of thiazole rings is 1. The van der Waals surface area contributed by atoms with E-state index in [1.54, 1.807) is 18.4 Å². The Bertz CT molecular complexity index is 1080. The van der Waals surface area contributed by atoms with Crippen LogP contribution in [0, 0.1) is 20.8 Å². The Labute approximate surface area is 195 Å². The number of hydrogen-bond donors (Lipinski definition) is 0. The van der Waals surface area contributed by atoms with Gasteiger partial charge in [-0.15, -0.1) is 11.3 Å². The molecule has 1 unspecified atom stereocenters. The zero-order valence-corrected chi connectivity index (χ0v) is 20.6. The lowest BCUT2D eigenvalue weighted by Crippen LogP contribution is -2.38. The quantitative estimate of drug-likeness (QED) is 0.394. The van der Waals surface area contributed by atoms with Crippen LogP contribution in [0.1, 0.15) is 58.0 Å². The van der Waals surface area contributed by atoms with Crippen molar-refractivity contribution in [1.29, 1.82) is 0 Å². The first kappa shape index (κ1) is 23.8. The third-order valence-electron chi connectivity index (χ3n) is 5.77. The van der Waals surface area contributed by atoms with Crippen molar-refractivity contribution in [2.75, 3.05) is 7.11 Å². The van der Waals surface area contributed by atoms with Crippen LogP contribution in [-0.4, -0.2) is 28.9 Å². The van der Waals surface area contributed by atoms with E-state index in [-0.39, 0.29) is 11.9 Å². The molecule has 170 valence electrons. The number of carbonyl (C=O) groups is 1. The number of rotatable bonds is 9. The van der Waals surface area contributed by atoms with Gasteiger partial charge in [-0.3, -0.25) is 4.79 Å². The maximum Gasteiger partial charge on any atom is 0.258 e. The van der Waals surface area contributed by atoms with Crippen molar-refractivity contribution in [3.05, 3.63) is 74.7 Å². The van der Waals surface area contributed by atoms with Crippen LogP contribution in [0.4, 0.5) is 0 Å². The Kier molecular flexibility index (Phi) is 7.91. The van der Waals surface area contributed by atoms with Crippen molar-refractivity contribution in [2.45, 2.75) is 60.2 Å². The molecule has 32 heavy (non-hydrogen) atoms. The van der Waals surface area contributed by atoms with Gasteiger partial charge < -0.3 is 14.4 Å². The number of nitrogens with zero attached hydrogens (tertiary/aromatic N) is 2. The Hall–Kier alpha value is -2.86. The highest BCUT2D eigenvalue weighted by atomic mass is 32.1. The van der Waals surface area contributed by atoms with Gasteiger partial charge in [-0.05, 0) is 69.0 Å². The molecule has 6 heteroatoms. The second-order valence-electron chi connectivity index (χ2n) is 8.12. The number of carbonyl (C=O) groups excluding carboxylic acids is 1. The Morgan fingerprint density at radius 3 is 2.62 bits per heavy atom. The van der Waals surface area contributed by atoms with Crippen molar-refractivity contribution < 1.29 is 14.3 Å². The lowest BCUT2D eigenvalue weighted by atomic mass is 10.1. The molecule has 1 heterocycles. The van der Waals surface area contributed by atoms with Crippen LogP contribution in [0.5, 0.6) is 11.5 Å². The van der Waals surface area contributed by atoms with E-state index in [2.05, 4.69) is 46.8 Å². The summed E-state index contributed by atoms with van der Waals surface area (Å²) in [5.74, 6) is 1.43. The first-order chi connectivity index (χ1) is 15.3. The largest absolute Gasteiger partial charge is 0.496 e. The number of aryl methyl sites for hydroxylation is 2. The number of ether oxygens (including phenoxy) is 2. The zero-order chi connectivity index (χ0) is 23.3. The zero-order valence-electron chi connectivity index (χ0n) is 19.8. The number of amides is 1. The van der Waals surface area contributed by atoms with Gasteiger partial charge in [0.15, 0.2) is 0 Å². The molecule has 1 aromatic heterocycles. The van der Waals surface area contributed by atoms with Crippen LogP contribution in [0.3, 0.4) is 0 Å². The lowest BCUT2D eigenvalue weighted by molar-refractivity contribution is 0.0665. The minimum absolute atomic E-state index is 0.0477. The van der Waals surface area contributed by atoms with Gasteiger partial charge in [-0.1, -0.05) is 25.1 Å². The van der Waals surface area contributed by atoms with E-state index in [0.717, 1.165) is 28.4 Å². The average Bonchev–Trinajstić information content (AvgIpc) is 3.25. The molecular formula is C26H32N2O3S. The predicted molar refractivity (Wildman–Crippen MR) is 130 cm³/mol.